The zero-order valence-corrected chi connectivity index (χ0v) is 13.9. The molecule has 0 aliphatic heterocycles. The molecule has 1 amide bonds. The van der Waals surface area contributed by atoms with E-state index in [4.69, 9.17) is 17.3 Å². The summed E-state index contributed by atoms with van der Waals surface area (Å²) in [7, 11) is 1.82. The standard InChI is InChI=1S/C15H23ClN2O.ClH/c1-11(2)14(17)7-8-18(3)15(19)10-12-5-4-6-13(16)9-12;/h4-6,9,11,14H,7-8,10,17H2,1-3H3;1H. The molecule has 0 bridgehead atoms. The molecule has 5 heteroatoms. The van der Waals surface area contributed by atoms with E-state index in [9.17, 15) is 4.79 Å². The number of carbonyl (C=O) groups is 1. The number of nitrogens with zero attached hydrogens (tertiary/aromatic N) is 1. The Morgan fingerprint density at radius 2 is 2.05 bits per heavy atom. The van der Waals surface area contributed by atoms with Crippen LogP contribution < -0.4 is 5.73 Å². The summed E-state index contributed by atoms with van der Waals surface area (Å²) in [6.07, 6.45) is 1.21. The minimum Gasteiger partial charge on any atom is -0.345 e. The van der Waals surface area contributed by atoms with Gasteiger partial charge in [0.15, 0.2) is 0 Å². The molecule has 1 rings (SSSR count). The highest BCUT2D eigenvalue weighted by Crippen LogP contribution is 2.12. The fourth-order valence-corrected chi connectivity index (χ4v) is 1.97. The van der Waals surface area contributed by atoms with Crippen molar-refractivity contribution in [2.75, 3.05) is 13.6 Å². The number of carbonyl (C=O) groups excluding carboxylic acids is 1. The van der Waals surface area contributed by atoms with Gasteiger partial charge in [0, 0.05) is 24.7 Å². The predicted octanol–water partition coefficient (Wildman–Crippen LogP) is 3.14. The predicted molar refractivity (Wildman–Crippen MR) is 87.5 cm³/mol. The first kappa shape index (κ1) is 19.2. The van der Waals surface area contributed by atoms with Gasteiger partial charge >= 0.3 is 0 Å². The number of likely N-dealkylation sites (N-methyl/N-ethyl adjacent to an activating group) is 1. The quantitative estimate of drug-likeness (QED) is 0.875. The fraction of sp³-hybridized carbons (Fsp3) is 0.533. The lowest BCUT2D eigenvalue weighted by Crippen LogP contribution is -2.35. The first-order valence-electron chi connectivity index (χ1n) is 6.64. The number of rotatable bonds is 6. The van der Waals surface area contributed by atoms with Crippen molar-refractivity contribution in [1.82, 2.24) is 4.90 Å². The van der Waals surface area contributed by atoms with E-state index in [2.05, 4.69) is 13.8 Å². The van der Waals surface area contributed by atoms with Gasteiger partial charge in [0.05, 0.1) is 6.42 Å². The van der Waals surface area contributed by atoms with Crippen LogP contribution in [0.25, 0.3) is 0 Å². The van der Waals surface area contributed by atoms with Crippen LogP contribution in [0.15, 0.2) is 24.3 Å². The van der Waals surface area contributed by atoms with Gasteiger partial charge in [0.1, 0.15) is 0 Å². The van der Waals surface area contributed by atoms with E-state index in [1.807, 2.05) is 25.2 Å². The molecule has 0 saturated heterocycles. The van der Waals surface area contributed by atoms with Gasteiger partial charge < -0.3 is 10.6 Å². The number of hydrogen-bond donors (Lipinski definition) is 1. The van der Waals surface area contributed by atoms with Crippen molar-refractivity contribution in [3.05, 3.63) is 34.9 Å². The largest absolute Gasteiger partial charge is 0.345 e. The first-order valence-corrected chi connectivity index (χ1v) is 7.02. The molecule has 0 spiro atoms. The molecule has 1 unspecified atom stereocenters. The summed E-state index contributed by atoms with van der Waals surface area (Å²) >= 11 is 5.90. The third-order valence-corrected chi connectivity index (χ3v) is 3.56. The van der Waals surface area contributed by atoms with Crippen LogP contribution in [-0.2, 0) is 11.2 Å². The molecule has 0 saturated carbocycles. The maximum atomic E-state index is 12.0. The summed E-state index contributed by atoms with van der Waals surface area (Å²) in [5, 5.41) is 0.662. The minimum atomic E-state index is 0. The topological polar surface area (TPSA) is 46.3 Å². The number of benzene rings is 1. The lowest BCUT2D eigenvalue weighted by atomic mass is 10.0. The third kappa shape index (κ3) is 6.60. The van der Waals surface area contributed by atoms with Gasteiger partial charge in [-0.2, -0.15) is 0 Å². The van der Waals surface area contributed by atoms with E-state index in [1.165, 1.54) is 0 Å². The van der Waals surface area contributed by atoms with E-state index >= 15 is 0 Å². The Bertz CT molecular complexity index is 424. The van der Waals surface area contributed by atoms with Gasteiger partial charge in [0.25, 0.3) is 0 Å². The third-order valence-electron chi connectivity index (χ3n) is 3.32. The van der Waals surface area contributed by atoms with Crippen LogP contribution in [0.3, 0.4) is 0 Å². The zero-order valence-electron chi connectivity index (χ0n) is 12.3. The summed E-state index contributed by atoms with van der Waals surface area (Å²) in [4.78, 5) is 13.8. The van der Waals surface area contributed by atoms with Crippen LogP contribution in [0, 0.1) is 5.92 Å². The maximum Gasteiger partial charge on any atom is 0.226 e. The zero-order chi connectivity index (χ0) is 14.4. The van der Waals surface area contributed by atoms with Crippen LogP contribution in [0.5, 0.6) is 0 Å². The normalized spacial score (nSPS) is 11.9. The van der Waals surface area contributed by atoms with Crippen LogP contribution in [0.2, 0.25) is 5.02 Å². The average molecular weight is 319 g/mol. The molecule has 0 aromatic heterocycles. The van der Waals surface area contributed by atoms with Gasteiger partial charge in [-0.1, -0.05) is 37.6 Å². The smallest absolute Gasteiger partial charge is 0.226 e. The summed E-state index contributed by atoms with van der Waals surface area (Å²) in [6, 6.07) is 7.55. The minimum absolute atomic E-state index is 0. The second kappa shape index (κ2) is 9.22. The van der Waals surface area contributed by atoms with Crippen molar-refractivity contribution in [2.45, 2.75) is 32.7 Å². The molecule has 0 aliphatic carbocycles. The lowest BCUT2D eigenvalue weighted by Gasteiger charge is -2.21. The number of hydrogen-bond acceptors (Lipinski definition) is 2. The highest BCUT2D eigenvalue weighted by Gasteiger charge is 2.13. The molecular formula is C15H24Cl2N2O. The second-order valence-electron chi connectivity index (χ2n) is 5.32. The van der Waals surface area contributed by atoms with E-state index < -0.39 is 0 Å². The van der Waals surface area contributed by atoms with Gasteiger partial charge in [-0.3, -0.25) is 4.79 Å². The molecule has 1 aromatic carbocycles. The van der Waals surface area contributed by atoms with E-state index in [0.29, 0.717) is 23.9 Å². The Kier molecular flexibility index (Phi) is 8.86. The van der Waals surface area contributed by atoms with Crippen molar-refractivity contribution >= 4 is 29.9 Å². The first-order chi connectivity index (χ1) is 8.90. The summed E-state index contributed by atoms with van der Waals surface area (Å²) in [5.41, 5.74) is 6.92. The van der Waals surface area contributed by atoms with E-state index in [1.54, 1.807) is 11.0 Å². The summed E-state index contributed by atoms with van der Waals surface area (Å²) < 4.78 is 0. The van der Waals surface area contributed by atoms with Crippen LogP contribution in [-0.4, -0.2) is 30.4 Å². The number of halogens is 2. The van der Waals surface area contributed by atoms with Gasteiger partial charge in [-0.05, 0) is 30.0 Å². The second-order valence-corrected chi connectivity index (χ2v) is 5.75. The molecular weight excluding hydrogens is 295 g/mol. The highest BCUT2D eigenvalue weighted by atomic mass is 35.5. The van der Waals surface area contributed by atoms with Crippen LogP contribution >= 0.6 is 24.0 Å². The SMILES string of the molecule is CC(C)C(N)CCN(C)C(=O)Cc1cccc(Cl)c1.Cl. The molecule has 0 radical (unpaired) electrons. The van der Waals surface area contributed by atoms with Crippen molar-refractivity contribution in [2.24, 2.45) is 11.7 Å². The molecule has 1 atom stereocenters. The monoisotopic (exact) mass is 318 g/mol. The van der Waals surface area contributed by atoms with Gasteiger partial charge in [-0.25, -0.2) is 0 Å². The Morgan fingerprint density at radius 1 is 1.40 bits per heavy atom. The van der Waals surface area contributed by atoms with Crippen molar-refractivity contribution in [3.8, 4) is 0 Å². The Labute approximate surface area is 132 Å². The van der Waals surface area contributed by atoms with Gasteiger partial charge in [0.2, 0.25) is 5.91 Å². The van der Waals surface area contributed by atoms with Gasteiger partial charge in [-0.15, -0.1) is 12.4 Å². The fourth-order valence-electron chi connectivity index (χ4n) is 1.76. The molecule has 0 aliphatic rings. The molecule has 1 aromatic rings. The number of nitrogens with two attached hydrogens (primary N) is 1. The van der Waals surface area contributed by atoms with Crippen molar-refractivity contribution in [1.29, 1.82) is 0 Å². The van der Waals surface area contributed by atoms with Crippen molar-refractivity contribution < 1.29 is 4.79 Å². The lowest BCUT2D eigenvalue weighted by molar-refractivity contribution is -0.129. The van der Waals surface area contributed by atoms with E-state index in [-0.39, 0.29) is 24.4 Å². The highest BCUT2D eigenvalue weighted by molar-refractivity contribution is 6.30. The summed E-state index contributed by atoms with van der Waals surface area (Å²) in [6.45, 7) is 4.88. The summed E-state index contributed by atoms with van der Waals surface area (Å²) in [5.74, 6) is 0.537. The average Bonchev–Trinajstić information content (AvgIpc) is 2.35. The Balaban J connectivity index is 0.00000361. The number of amides is 1. The Morgan fingerprint density at radius 3 is 2.60 bits per heavy atom. The van der Waals surface area contributed by atoms with E-state index in [0.717, 1.165) is 12.0 Å². The molecule has 114 valence electrons. The van der Waals surface area contributed by atoms with Crippen LogP contribution in [0.1, 0.15) is 25.8 Å². The molecule has 20 heavy (non-hydrogen) atoms. The van der Waals surface area contributed by atoms with Crippen LogP contribution in [0.4, 0.5) is 0 Å². The van der Waals surface area contributed by atoms with Crippen molar-refractivity contribution in [3.63, 3.8) is 0 Å². The molecule has 0 fully saturated rings. The Hall–Kier alpha value is -0.770. The molecule has 3 nitrogen and oxygen atoms in total. The molecule has 2 N–H and O–H groups in total. The maximum absolute atomic E-state index is 12.0. The molecule has 0 heterocycles.